The molecule has 1 aromatic heterocycles. The number of ketones is 1. The van der Waals surface area contributed by atoms with Gasteiger partial charge in [-0.1, -0.05) is 13.0 Å². The Morgan fingerprint density at radius 2 is 2.20 bits per heavy atom. The van der Waals surface area contributed by atoms with E-state index in [4.69, 9.17) is 0 Å². The molecule has 0 saturated carbocycles. The Balaban J connectivity index is 2.41. The number of hydrogen-bond donors (Lipinski definition) is 0. The lowest BCUT2D eigenvalue weighted by Gasteiger charge is -2.10. The summed E-state index contributed by atoms with van der Waals surface area (Å²) >= 11 is 0. The van der Waals surface area contributed by atoms with Crippen LogP contribution in [0, 0.1) is 0 Å². The molecule has 0 aliphatic heterocycles. The van der Waals surface area contributed by atoms with Gasteiger partial charge in [-0.25, -0.2) is 0 Å². The summed E-state index contributed by atoms with van der Waals surface area (Å²) < 4.78 is 1.65. The highest BCUT2D eigenvalue weighted by Gasteiger charge is 2.16. The van der Waals surface area contributed by atoms with Crippen molar-refractivity contribution in [1.29, 1.82) is 0 Å². The van der Waals surface area contributed by atoms with Gasteiger partial charge in [-0.2, -0.15) is 0 Å². The lowest BCUT2D eigenvalue weighted by atomic mass is 10.2. The van der Waals surface area contributed by atoms with E-state index in [1.807, 2.05) is 13.0 Å². The van der Waals surface area contributed by atoms with Gasteiger partial charge in [0.25, 0.3) is 5.56 Å². The van der Waals surface area contributed by atoms with Crippen LogP contribution in [0.2, 0.25) is 0 Å². The third-order valence-corrected chi connectivity index (χ3v) is 2.98. The van der Waals surface area contributed by atoms with Gasteiger partial charge in [0, 0.05) is 18.2 Å². The lowest BCUT2D eigenvalue weighted by Crippen LogP contribution is -2.26. The summed E-state index contributed by atoms with van der Waals surface area (Å²) in [5.74, 6) is 0.123. The van der Waals surface area contributed by atoms with E-state index in [-0.39, 0.29) is 17.9 Å². The predicted octanol–water partition coefficient (Wildman–Crippen LogP) is 1.32. The minimum Gasteiger partial charge on any atom is -0.305 e. The smallest absolute Gasteiger partial charge is 0.251 e. The van der Waals surface area contributed by atoms with Crippen LogP contribution in [0.4, 0.5) is 0 Å². The normalized spacial score (nSPS) is 13.9. The molecule has 0 radical (unpaired) electrons. The second-order valence-electron chi connectivity index (χ2n) is 3.98. The van der Waals surface area contributed by atoms with Crippen LogP contribution in [0.5, 0.6) is 0 Å². The number of aryl methyl sites for hydroxylation is 1. The molecule has 0 saturated heterocycles. The van der Waals surface area contributed by atoms with E-state index in [0.717, 1.165) is 25.0 Å². The van der Waals surface area contributed by atoms with Gasteiger partial charge in [0.05, 0.1) is 6.54 Å². The van der Waals surface area contributed by atoms with E-state index in [1.54, 1.807) is 10.6 Å². The van der Waals surface area contributed by atoms with Crippen LogP contribution < -0.4 is 5.56 Å². The van der Waals surface area contributed by atoms with Crippen molar-refractivity contribution in [1.82, 2.24) is 4.57 Å². The van der Waals surface area contributed by atoms with Gasteiger partial charge in [0.2, 0.25) is 0 Å². The average Bonchev–Trinajstić information content (AvgIpc) is 2.70. The molecule has 0 atom stereocenters. The molecule has 3 nitrogen and oxygen atoms in total. The minimum atomic E-state index is -0.0440. The largest absolute Gasteiger partial charge is 0.305 e. The van der Waals surface area contributed by atoms with Crippen LogP contribution in [0.15, 0.2) is 16.9 Å². The first-order valence-corrected chi connectivity index (χ1v) is 5.45. The van der Waals surface area contributed by atoms with Crippen LogP contribution >= 0.6 is 0 Å². The Labute approximate surface area is 88.7 Å². The predicted molar refractivity (Wildman–Crippen MR) is 58.0 cm³/mol. The van der Waals surface area contributed by atoms with Crippen molar-refractivity contribution in [3.63, 3.8) is 0 Å². The topological polar surface area (TPSA) is 39.1 Å². The second-order valence-corrected chi connectivity index (χ2v) is 3.98. The molecule has 0 fully saturated rings. The van der Waals surface area contributed by atoms with Gasteiger partial charge in [-0.3, -0.25) is 9.59 Å². The van der Waals surface area contributed by atoms with Gasteiger partial charge >= 0.3 is 0 Å². The zero-order valence-electron chi connectivity index (χ0n) is 8.95. The standard InChI is InChI=1S/C12H15NO2/c1-2-10(14)8-13-11-5-3-4-9(11)6-7-12(13)15/h6-7H,2-5,8H2,1H3. The third kappa shape index (κ3) is 1.87. The zero-order chi connectivity index (χ0) is 10.8. The fourth-order valence-corrected chi connectivity index (χ4v) is 2.10. The summed E-state index contributed by atoms with van der Waals surface area (Å²) in [5, 5.41) is 0. The van der Waals surface area contributed by atoms with Crippen LogP contribution in [-0.2, 0) is 24.2 Å². The highest BCUT2D eigenvalue weighted by Crippen LogP contribution is 2.19. The quantitative estimate of drug-likeness (QED) is 0.746. The molecule has 1 aliphatic carbocycles. The minimum absolute atomic E-state index is 0.0440. The maximum atomic E-state index is 11.6. The number of carbonyl (C=O) groups excluding carboxylic acids is 1. The molecule has 15 heavy (non-hydrogen) atoms. The SMILES string of the molecule is CCC(=O)Cn1c2c(ccc1=O)CCC2. The molecule has 3 heteroatoms. The summed E-state index contributed by atoms with van der Waals surface area (Å²) in [7, 11) is 0. The van der Waals surface area contributed by atoms with E-state index < -0.39 is 0 Å². The number of hydrogen-bond acceptors (Lipinski definition) is 2. The first kappa shape index (κ1) is 10.1. The number of pyridine rings is 1. The van der Waals surface area contributed by atoms with Gasteiger partial charge in [0.15, 0.2) is 5.78 Å². The van der Waals surface area contributed by atoms with E-state index in [1.165, 1.54) is 5.56 Å². The van der Waals surface area contributed by atoms with Gasteiger partial charge in [0.1, 0.15) is 0 Å². The maximum Gasteiger partial charge on any atom is 0.251 e. The Kier molecular flexibility index (Phi) is 2.71. The monoisotopic (exact) mass is 205 g/mol. The molecule has 1 aromatic rings. The Bertz CT molecular complexity index is 445. The summed E-state index contributed by atoms with van der Waals surface area (Å²) in [6, 6.07) is 3.48. The summed E-state index contributed by atoms with van der Waals surface area (Å²) in [6.07, 6.45) is 3.56. The van der Waals surface area contributed by atoms with Crippen LogP contribution in [0.3, 0.4) is 0 Å². The summed E-state index contributed by atoms with van der Waals surface area (Å²) in [4.78, 5) is 23.0. The number of Topliss-reactive ketones (excluding diaryl/α,β-unsaturated/α-hetero) is 1. The van der Waals surface area contributed by atoms with Gasteiger partial charge < -0.3 is 4.57 Å². The lowest BCUT2D eigenvalue weighted by molar-refractivity contribution is -0.119. The van der Waals surface area contributed by atoms with Crippen molar-refractivity contribution < 1.29 is 4.79 Å². The van der Waals surface area contributed by atoms with Gasteiger partial charge in [-0.05, 0) is 24.8 Å². The summed E-state index contributed by atoms with van der Waals surface area (Å²) in [6.45, 7) is 2.08. The zero-order valence-corrected chi connectivity index (χ0v) is 8.95. The van der Waals surface area contributed by atoms with E-state index in [9.17, 15) is 9.59 Å². The number of fused-ring (bicyclic) bond motifs is 1. The van der Waals surface area contributed by atoms with E-state index >= 15 is 0 Å². The first-order valence-electron chi connectivity index (χ1n) is 5.45. The fraction of sp³-hybridized carbons (Fsp3) is 0.500. The Morgan fingerprint density at radius 3 is 2.93 bits per heavy atom. The fourth-order valence-electron chi connectivity index (χ4n) is 2.10. The van der Waals surface area contributed by atoms with Crippen LogP contribution in [0.1, 0.15) is 31.0 Å². The van der Waals surface area contributed by atoms with E-state index in [2.05, 4.69) is 0 Å². The maximum absolute atomic E-state index is 11.6. The molecule has 1 aliphatic rings. The number of rotatable bonds is 3. The molecule has 0 unspecified atom stereocenters. The Morgan fingerprint density at radius 1 is 1.40 bits per heavy atom. The van der Waals surface area contributed by atoms with Crippen molar-refractivity contribution in [3.05, 3.63) is 33.7 Å². The van der Waals surface area contributed by atoms with Crippen molar-refractivity contribution in [3.8, 4) is 0 Å². The molecule has 0 spiro atoms. The molecular formula is C12H15NO2. The molecular weight excluding hydrogens is 190 g/mol. The molecule has 1 heterocycles. The van der Waals surface area contributed by atoms with Crippen molar-refractivity contribution in [2.45, 2.75) is 39.2 Å². The number of aromatic nitrogens is 1. The van der Waals surface area contributed by atoms with Crippen molar-refractivity contribution >= 4 is 5.78 Å². The second kappa shape index (κ2) is 4.01. The first-order chi connectivity index (χ1) is 7.22. The molecule has 0 amide bonds. The van der Waals surface area contributed by atoms with Crippen LogP contribution in [-0.4, -0.2) is 10.4 Å². The number of nitrogens with zero attached hydrogens (tertiary/aromatic N) is 1. The molecule has 0 bridgehead atoms. The number of carbonyl (C=O) groups is 1. The molecule has 0 aromatic carbocycles. The highest BCUT2D eigenvalue weighted by atomic mass is 16.1. The van der Waals surface area contributed by atoms with E-state index in [0.29, 0.717) is 6.42 Å². The van der Waals surface area contributed by atoms with Crippen molar-refractivity contribution in [2.24, 2.45) is 0 Å². The summed E-state index contributed by atoms with van der Waals surface area (Å²) in [5.41, 5.74) is 2.26. The molecule has 2 rings (SSSR count). The van der Waals surface area contributed by atoms with Gasteiger partial charge in [-0.15, -0.1) is 0 Å². The highest BCUT2D eigenvalue weighted by molar-refractivity contribution is 5.77. The van der Waals surface area contributed by atoms with Crippen molar-refractivity contribution in [2.75, 3.05) is 0 Å². The molecule has 0 N–H and O–H groups in total. The average molecular weight is 205 g/mol. The van der Waals surface area contributed by atoms with Crippen LogP contribution in [0.25, 0.3) is 0 Å². The third-order valence-electron chi connectivity index (χ3n) is 2.98. The Hall–Kier alpha value is -1.38. The molecule has 80 valence electrons.